The van der Waals surface area contributed by atoms with Crippen LogP contribution in [0, 0.1) is 0 Å². The molecular formula is C44H28N2. The summed E-state index contributed by atoms with van der Waals surface area (Å²) < 4.78 is 4.90. The molecule has 0 fully saturated rings. The highest BCUT2D eigenvalue weighted by molar-refractivity contribution is 6.29. The summed E-state index contributed by atoms with van der Waals surface area (Å²) in [6.45, 7) is 0. The molecule has 0 radical (unpaired) electrons. The molecule has 8 aromatic carbocycles. The van der Waals surface area contributed by atoms with Crippen LogP contribution in [0.25, 0.3) is 87.7 Å². The zero-order valence-electron chi connectivity index (χ0n) is 25.1. The second-order valence-electron chi connectivity index (χ2n) is 12.2. The van der Waals surface area contributed by atoms with E-state index in [0.717, 1.165) is 5.69 Å². The van der Waals surface area contributed by atoms with Gasteiger partial charge in [-0.05, 0) is 75.8 Å². The summed E-state index contributed by atoms with van der Waals surface area (Å²) in [7, 11) is 0. The third-order valence-electron chi connectivity index (χ3n) is 9.67. The van der Waals surface area contributed by atoms with E-state index in [1.54, 1.807) is 0 Å². The monoisotopic (exact) mass is 584 g/mol. The maximum Gasteiger partial charge on any atom is 0.0549 e. The molecule has 0 atom stereocenters. The number of rotatable bonds is 3. The van der Waals surface area contributed by atoms with Gasteiger partial charge >= 0.3 is 0 Å². The maximum absolute atomic E-state index is 2.46. The second kappa shape index (κ2) is 9.69. The molecule has 214 valence electrons. The smallest absolute Gasteiger partial charge is 0.0549 e. The van der Waals surface area contributed by atoms with Crippen molar-refractivity contribution in [3.05, 3.63) is 170 Å². The molecule has 0 N–H and O–H groups in total. The molecule has 0 unspecified atom stereocenters. The highest BCUT2D eigenvalue weighted by atomic mass is 15.0. The van der Waals surface area contributed by atoms with Gasteiger partial charge in [-0.2, -0.15) is 0 Å². The van der Waals surface area contributed by atoms with Gasteiger partial charge in [-0.1, -0.05) is 121 Å². The molecule has 0 saturated carbocycles. The van der Waals surface area contributed by atoms with Crippen LogP contribution in [0.2, 0.25) is 0 Å². The van der Waals surface area contributed by atoms with Crippen LogP contribution in [0.5, 0.6) is 0 Å². The molecular weight excluding hydrogens is 556 g/mol. The minimum atomic E-state index is 1.16. The third kappa shape index (κ3) is 3.59. The van der Waals surface area contributed by atoms with E-state index >= 15 is 0 Å². The topological polar surface area (TPSA) is 9.86 Å². The first kappa shape index (κ1) is 25.2. The maximum atomic E-state index is 2.46. The Morgan fingerprint density at radius 3 is 1.65 bits per heavy atom. The lowest BCUT2D eigenvalue weighted by Gasteiger charge is -2.12. The second-order valence-corrected chi connectivity index (χ2v) is 12.2. The number of para-hydroxylation sites is 2. The highest BCUT2D eigenvalue weighted by Gasteiger charge is 2.21. The molecule has 0 saturated heterocycles. The molecule has 0 aliphatic rings. The molecule has 0 aliphatic carbocycles. The minimum Gasteiger partial charge on any atom is -0.309 e. The largest absolute Gasteiger partial charge is 0.309 e. The standard InChI is InChI=1S/C44H28N2/c1-2-13-31-27-33(24-23-29(31)11-1)32-15-9-16-34(28-32)45-39-20-7-5-18-36(39)43-41(45)25-26-42-44(43)37-19-6-8-21-40(37)46(42)38-22-10-14-30-12-3-4-17-35(30)38/h1-28H. The van der Waals surface area contributed by atoms with Gasteiger partial charge in [0, 0.05) is 32.6 Å². The van der Waals surface area contributed by atoms with Crippen molar-refractivity contribution in [2.45, 2.75) is 0 Å². The van der Waals surface area contributed by atoms with E-state index in [-0.39, 0.29) is 0 Å². The SMILES string of the molecule is c1cc(-c2ccc3ccccc3c2)cc(-n2c3ccccc3c3c4c5ccccc5n(-c5cccc6ccccc56)c4ccc32)c1. The fourth-order valence-corrected chi connectivity index (χ4v) is 7.65. The van der Waals surface area contributed by atoms with Gasteiger partial charge in [0.05, 0.1) is 27.8 Å². The number of aromatic nitrogens is 2. The number of fused-ring (bicyclic) bond motifs is 9. The van der Waals surface area contributed by atoms with Gasteiger partial charge < -0.3 is 9.13 Å². The molecule has 0 aliphatic heterocycles. The first-order chi connectivity index (χ1) is 22.8. The van der Waals surface area contributed by atoms with Crippen molar-refractivity contribution in [1.29, 1.82) is 0 Å². The predicted octanol–water partition coefficient (Wildman–Crippen LogP) is 11.9. The third-order valence-corrected chi connectivity index (χ3v) is 9.67. The Morgan fingerprint density at radius 2 is 0.870 bits per heavy atom. The summed E-state index contributed by atoms with van der Waals surface area (Å²) in [5.41, 5.74) is 9.66. The molecule has 2 aromatic heterocycles. The van der Waals surface area contributed by atoms with Crippen LogP contribution >= 0.6 is 0 Å². The molecule has 2 heterocycles. The van der Waals surface area contributed by atoms with E-state index in [4.69, 9.17) is 0 Å². The lowest BCUT2D eigenvalue weighted by Crippen LogP contribution is -1.96. The van der Waals surface area contributed by atoms with E-state index in [9.17, 15) is 0 Å². The van der Waals surface area contributed by atoms with Crippen molar-refractivity contribution in [1.82, 2.24) is 9.13 Å². The molecule has 10 rings (SSSR count). The summed E-state index contributed by atoms with van der Waals surface area (Å²) in [5.74, 6) is 0. The summed E-state index contributed by atoms with van der Waals surface area (Å²) in [6.07, 6.45) is 0. The minimum absolute atomic E-state index is 1.16. The van der Waals surface area contributed by atoms with Crippen molar-refractivity contribution in [2.75, 3.05) is 0 Å². The van der Waals surface area contributed by atoms with Gasteiger partial charge in [-0.15, -0.1) is 0 Å². The lowest BCUT2D eigenvalue weighted by molar-refractivity contribution is 1.18. The Kier molecular flexibility index (Phi) is 5.31. The Hall–Kier alpha value is -6.12. The van der Waals surface area contributed by atoms with E-state index in [0.29, 0.717) is 0 Å². The van der Waals surface area contributed by atoms with Crippen LogP contribution in [-0.2, 0) is 0 Å². The average molecular weight is 585 g/mol. The molecule has 0 amide bonds. The Bertz CT molecular complexity index is 2810. The van der Waals surface area contributed by atoms with Crippen molar-refractivity contribution >= 4 is 65.2 Å². The first-order valence-electron chi connectivity index (χ1n) is 15.9. The zero-order chi connectivity index (χ0) is 30.2. The Morgan fingerprint density at radius 1 is 0.304 bits per heavy atom. The van der Waals surface area contributed by atoms with Crippen molar-refractivity contribution < 1.29 is 0 Å². The summed E-state index contributed by atoms with van der Waals surface area (Å²) in [5, 5.41) is 10.1. The van der Waals surface area contributed by atoms with E-state index < -0.39 is 0 Å². The van der Waals surface area contributed by atoms with Crippen LogP contribution in [0.3, 0.4) is 0 Å². The number of nitrogens with zero attached hydrogens (tertiary/aromatic N) is 2. The van der Waals surface area contributed by atoms with Crippen LogP contribution in [0.15, 0.2) is 170 Å². The Balaban J connectivity index is 1.28. The summed E-state index contributed by atoms with van der Waals surface area (Å²) in [6, 6.07) is 62.0. The number of hydrogen-bond acceptors (Lipinski definition) is 0. The zero-order valence-corrected chi connectivity index (χ0v) is 25.1. The van der Waals surface area contributed by atoms with Crippen LogP contribution in [-0.4, -0.2) is 9.13 Å². The molecule has 0 spiro atoms. The molecule has 46 heavy (non-hydrogen) atoms. The van der Waals surface area contributed by atoms with Gasteiger partial charge in [-0.25, -0.2) is 0 Å². The molecule has 10 aromatic rings. The first-order valence-corrected chi connectivity index (χ1v) is 15.9. The normalized spacial score (nSPS) is 11.9. The van der Waals surface area contributed by atoms with Gasteiger partial charge in [0.1, 0.15) is 0 Å². The number of benzene rings is 8. The van der Waals surface area contributed by atoms with Crippen molar-refractivity contribution in [2.24, 2.45) is 0 Å². The van der Waals surface area contributed by atoms with E-state index in [1.807, 2.05) is 0 Å². The van der Waals surface area contributed by atoms with Gasteiger partial charge in [0.25, 0.3) is 0 Å². The lowest BCUT2D eigenvalue weighted by atomic mass is 10.0. The van der Waals surface area contributed by atoms with E-state index in [1.165, 1.54) is 82.0 Å². The van der Waals surface area contributed by atoms with Crippen LogP contribution in [0.4, 0.5) is 0 Å². The van der Waals surface area contributed by atoms with E-state index in [2.05, 4.69) is 179 Å². The summed E-state index contributed by atoms with van der Waals surface area (Å²) in [4.78, 5) is 0. The fourth-order valence-electron chi connectivity index (χ4n) is 7.65. The van der Waals surface area contributed by atoms with Crippen LogP contribution < -0.4 is 0 Å². The predicted molar refractivity (Wildman–Crippen MR) is 196 cm³/mol. The van der Waals surface area contributed by atoms with Gasteiger partial charge in [-0.3, -0.25) is 0 Å². The average Bonchev–Trinajstić information content (AvgIpc) is 3.64. The molecule has 2 nitrogen and oxygen atoms in total. The van der Waals surface area contributed by atoms with Crippen LogP contribution in [0.1, 0.15) is 0 Å². The van der Waals surface area contributed by atoms with Crippen molar-refractivity contribution in [3.63, 3.8) is 0 Å². The molecule has 0 bridgehead atoms. The highest BCUT2D eigenvalue weighted by Crippen LogP contribution is 2.43. The Labute approximate surface area is 266 Å². The van der Waals surface area contributed by atoms with Gasteiger partial charge in [0.2, 0.25) is 0 Å². The molecule has 2 heteroatoms. The quantitative estimate of drug-likeness (QED) is 0.195. The van der Waals surface area contributed by atoms with Crippen molar-refractivity contribution in [3.8, 4) is 22.5 Å². The number of hydrogen-bond donors (Lipinski definition) is 0. The summed E-state index contributed by atoms with van der Waals surface area (Å²) >= 11 is 0. The fraction of sp³-hybridized carbons (Fsp3) is 0. The van der Waals surface area contributed by atoms with Gasteiger partial charge in [0.15, 0.2) is 0 Å².